The van der Waals surface area contributed by atoms with Crippen molar-refractivity contribution in [1.82, 2.24) is 4.98 Å². The fraction of sp³-hybridized carbons (Fsp3) is 0.538. The molecule has 1 heterocycles. The van der Waals surface area contributed by atoms with E-state index in [1.165, 1.54) is 0 Å². The van der Waals surface area contributed by atoms with Crippen LogP contribution < -0.4 is 9.47 Å². The lowest BCUT2D eigenvalue weighted by Crippen LogP contribution is -2.41. The van der Waals surface area contributed by atoms with E-state index in [9.17, 15) is 4.79 Å². The Hall–Kier alpha value is -1.89. The lowest BCUT2D eigenvalue weighted by Gasteiger charge is -2.36. The highest BCUT2D eigenvalue weighted by molar-refractivity contribution is 6.74. The van der Waals surface area contributed by atoms with Gasteiger partial charge in [-0.15, -0.1) is 0 Å². The second kappa shape index (κ2) is 10.6. The van der Waals surface area contributed by atoms with Gasteiger partial charge in [-0.2, -0.15) is 0 Å². The van der Waals surface area contributed by atoms with Gasteiger partial charge in [0.25, 0.3) is 0 Å². The van der Waals surface area contributed by atoms with E-state index < -0.39 is 8.32 Å². The molecule has 1 saturated carbocycles. The van der Waals surface area contributed by atoms with Crippen molar-refractivity contribution < 1.29 is 18.7 Å². The van der Waals surface area contributed by atoms with E-state index in [4.69, 9.17) is 25.5 Å². The van der Waals surface area contributed by atoms with Crippen LogP contribution in [0.3, 0.4) is 0 Å². The van der Waals surface area contributed by atoms with E-state index >= 15 is 0 Å². The Bertz CT molecular complexity index is 983. The highest BCUT2D eigenvalue weighted by Gasteiger charge is 2.36. The van der Waals surface area contributed by atoms with Crippen LogP contribution in [0.5, 0.6) is 11.6 Å². The molecule has 1 aliphatic rings. The molecule has 0 atom stereocenters. The van der Waals surface area contributed by atoms with Crippen LogP contribution in [0.1, 0.15) is 74.0 Å². The third-order valence-electron chi connectivity index (χ3n) is 6.59. The minimum atomic E-state index is -1.70. The number of methoxy groups -OCH3 is 1. The molecule has 3 rings (SSSR count). The monoisotopic (exact) mass is 489 g/mol. The number of pyridine rings is 1. The Morgan fingerprint density at radius 2 is 1.82 bits per heavy atom. The first-order valence-corrected chi connectivity index (χ1v) is 15.0. The summed E-state index contributed by atoms with van der Waals surface area (Å²) in [6.45, 7) is 12.6. The minimum absolute atomic E-state index is 0.188. The Morgan fingerprint density at radius 1 is 1.12 bits per heavy atom. The van der Waals surface area contributed by atoms with Gasteiger partial charge in [-0.3, -0.25) is 4.79 Å². The van der Waals surface area contributed by atoms with Crippen LogP contribution in [0.25, 0.3) is 0 Å². The van der Waals surface area contributed by atoms with Crippen LogP contribution in [0, 0.1) is 0 Å². The maximum Gasteiger partial charge on any atom is 0.217 e. The van der Waals surface area contributed by atoms with Crippen LogP contribution in [0.15, 0.2) is 30.3 Å². The highest BCUT2D eigenvalue weighted by atomic mass is 35.5. The summed E-state index contributed by atoms with van der Waals surface area (Å²) < 4.78 is 17.4. The van der Waals surface area contributed by atoms with E-state index in [1.54, 1.807) is 31.4 Å². The summed E-state index contributed by atoms with van der Waals surface area (Å²) in [6, 6.07) is 8.83. The van der Waals surface area contributed by atoms with Crippen LogP contribution >= 0.6 is 11.6 Å². The van der Waals surface area contributed by atoms with Crippen molar-refractivity contribution in [3.05, 3.63) is 52.2 Å². The van der Waals surface area contributed by atoms with E-state index in [-0.39, 0.29) is 10.8 Å². The maximum atomic E-state index is 12.9. The minimum Gasteiger partial charge on any atom is -0.492 e. The average molecular weight is 490 g/mol. The fourth-order valence-electron chi connectivity index (χ4n) is 3.28. The normalized spacial score (nSPS) is 14.3. The van der Waals surface area contributed by atoms with Gasteiger partial charge in [0.2, 0.25) is 11.7 Å². The van der Waals surface area contributed by atoms with Crippen LogP contribution in [0.2, 0.25) is 23.2 Å². The Morgan fingerprint density at radius 3 is 2.42 bits per heavy atom. The Labute approximate surface area is 203 Å². The summed E-state index contributed by atoms with van der Waals surface area (Å²) in [6.07, 6.45) is 4.10. The number of unbranched alkanes of at least 4 members (excludes halogenated alkanes) is 1. The van der Waals surface area contributed by atoms with E-state index in [0.717, 1.165) is 37.9 Å². The number of halogens is 1. The molecule has 7 heteroatoms. The molecule has 0 N–H and O–H groups in total. The smallest absolute Gasteiger partial charge is 0.217 e. The molecule has 1 aromatic carbocycles. The van der Waals surface area contributed by atoms with Crippen molar-refractivity contribution in [1.29, 1.82) is 0 Å². The molecule has 1 aromatic heterocycles. The summed E-state index contributed by atoms with van der Waals surface area (Å²) >= 11 is 6.40. The topological polar surface area (TPSA) is 57.7 Å². The molecule has 0 radical (unpaired) electrons. The van der Waals surface area contributed by atoms with Gasteiger partial charge in [0.05, 0.1) is 18.7 Å². The van der Waals surface area contributed by atoms with E-state index in [1.807, 2.05) is 6.07 Å². The number of aromatic nitrogens is 1. The van der Waals surface area contributed by atoms with Gasteiger partial charge in [-0.05, 0) is 74.0 Å². The molecule has 0 unspecified atom stereocenters. The first kappa shape index (κ1) is 25.7. The number of carbonyl (C=O) groups excluding carboxylic acids is 1. The summed E-state index contributed by atoms with van der Waals surface area (Å²) in [5.74, 6) is 1.42. The molecular weight excluding hydrogens is 454 g/mol. The third-order valence-corrected chi connectivity index (χ3v) is 11.4. The number of hydrogen-bond donors (Lipinski definition) is 0. The predicted octanol–water partition coefficient (Wildman–Crippen LogP) is 7.03. The van der Waals surface area contributed by atoms with Gasteiger partial charge >= 0.3 is 0 Å². The molecule has 5 nitrogen and oxygen atoms in total. The van der Waals surface area contributed by atoms with Gasteiger partial charge in [-0.1, -0.05) is 38.4 Å². The van der Waals surface area contributed by atoms with Gasteiger partial charge < -0.3 is 13.9 Å². The lowest BCUT2D eigenvalue weighted by molar-refractivity contribution is 0.103. The zero-order chi connectivity index (χ0) is 24.2. The molecule has 0 aliphatic heterocycles. The second-order valence-electron chi connectivity index (χ2n) is 10.2. The molecular formula is C26H36ClNO4Si. The first-order valence-electron chi connectivity index (χ1n) is 11.7. The molecule has 33 heavy (non-hydrogen) atoms. The number of rotatable bonds is 11. The molecule has 0 spiro atoms. The zero-order valence-corrected chi connectivity index (χ0v) is 22.4. The largest absolute Gasteiger partial charge is 0.492 e. The molecule has 0 amide bonds. The summed E-state index contributed by atoms with van der Waals surface area (Å²) in [5.41, 5.74) is 1.90. The van der Waals surface area contributed by atoms with Crippen molar-refractivity contribution in [2.45, 2.75) is 70.5 Å². The molecule has 0 saturated heterocycles. The number of carbonyl (C=O) groups is 1. The number of benzene rings is 1. The molecule has 1 fully saturated rings. The number of ether oxygens (including phenoxy) is 2. The van der Waals surface area contributed by atoms with Crippen molar-refractivity contribution in [3.63, 3.8) is 0 Å². The number of nitrogens with zero attached hydrogens (tertiary/aromatic N) is 1. The number of hydrogen-bond acceptors (Lipinski definition) is 5. The fourth-order valence-corrected chi connectivity index (χ4v) is 4.61. The SMILES string of the molecule is COc1nc(C(=O)c2ccc(OCCCCO[Si](C)(C)C(C)(C)C)c(Cl)c2)ccc1C1CC1. The van der Waals surface area contributed by atoms with Crippen LogP contribution in [-0.2, 0) is 4.43 Å². The van der Waals surface area contributed by atoms with Crippen molar-refractivity contribution in [2.75, 3.05) is 20.3 Å². The summed E-state index contributed by atoms with van der Waals surface area (Å²) in [4.78, 5) is 17.4. The maximum absolute atomic E-state index is 12.9. The molecule has 1 aliphatic carbocycles. The first-order chi connectivity index (χ1) is 15.5. The van der Waals surface area contributed by atoms with Gasteiger partial charge in [0, 0.05) is 17.7 Å². The standard InChI is InChI=1S/C26H36ClNO4Si/c1-26(2,3)33(5,6)32-16-8-7-15-31-23-14-11-19(17-21(23)27)24(29)22-13-12-20(18-9-10-18)25(28-22)30-4/h11-14,17-18H,7-10,15-16H2,1-6H3. The summed E-state index contributed by atoms with van der Waals surface area (Å²) in [7, 11) is -0.114. The Kier molecular flexibility index (Phi) is 8.25. The van der Waals surface area contributed by atoms with E-state index in [0.29, 0.717) is 40.4 Å². The summed E-state index contributed by atoms with van der Waals surface area (Å²) in [5, 5.41) is 0.635. The average Bonchev–Trinajstić information content (AvgIpc) is 3.60. The van der Waals surface area contributed by atoms with Gasteiger partial charge in [0.1, 0.15) is 11.4 Å². The second-order valence-corrected chi connectivity index (χ2v) is 15.4. The van der Waals surface area contributed by atoms with Crippen molar-refractivity contribution in [3.8, 4) is 11.6 Å². The lowest BCUT2D eigenvalue weighted by atomic mass is 10.1. The number of ketones is 1. The predicted molar refractivity (Wildman–Crippen MR) is 136 cm³/mol. The van der Waals surface area contributed by atoms with E-state index in [2.05, 4.69) is 38.8 Å². The molecule has 0 bridgehead atoms. The molecule has 2 aromatic rings. The van der Waals surface area contributed by atoms with Crippen molar-refractivity contribution in [2.24, 2.45) is 0 Å². The third kappa shape index (κ3) is 6.58. The van der Waals surface area contributed by atoms with Gasteiger partial charge in [0.15, 0.2) is 8.32 Å². The Balaban J connectivity index is 1.52. The molecule has 180 valence electrons. The van der Waals surface area contributed by atoms with Gasteiger partial charge in [-0.25, -0.2) is 4.98 Å². The van der Waals surface area contributed by atoms with Crippen molar-refractivity contribution >= 4 is 25.7 Å². The quantitative estimate of drug-likeness (QED) is 0.192. The zero-order valence-electron chi connectivity index (χ0n) is 20.7. The van der Waals surface area contributed by atoms with Crippen LogP contribution in [-0.4, -0.2) is 39.4 Å². The highest BCUT2D eigenvalue weighted by Crippen LogP contribution is 2.43. The van der Waals surface area contributed by atoms with Crippen LogP contribution in [0.4, 0.5) is 0 Å².